The normalized spacial score (nSPS) is 16.2. The molecule has 0 radical (unpaired) electrons. The largest absolute Gasteiger partial charge is 0.366 e. The third-order valence-electron chi connectivity index (χ3n) is 2.87. The molecule has 100 valence electrons. The summed E-state index contributed by atoms with van der Waals surface area (Å²) in [5.41, 5.74) is 6.77. The Labute approximate surface area is 115 Å². The molecule has 0 spiro atoms. The van der Waals surface area contributed by atoms with Gasteiger partial charge in [-0.15, -0.1) is 24.8 Å². The molecule has 1 saturated heterocycles. The van der Waals surface area contributed by atoms with Crippen molar-refractivity contribution in [2.24, 2.45) is 12.8 Å². The highest BCUT2D eigenvalue weighted by Gasteiger charge is 2.16. The van der Waals surface area contributed by atoms with Crippen molar-refractivity contribution in [3.05, 3.63) is 12.4 Å². The van der Waals surface area contributed by atoms with E-state index in [0.717, 1.165) is 39.3 Å². The fourth-order valence-corrected chi connectivity index (χ4v) is 1.98. The Morgan fingerprint density at radius 2 is 1.88 bits per heavy atom. The molecule has 0 unspecified atom stereocenters. The van der Waals surface area contributed by atoms with E-state index in [-0.39, 0.29) is 24.8 Å². The van der Waals surface area contributed by atoms with Gasteiger partial charge in [-0.1, -0.05) is 0 Å². The third-order valence-corrected chi connectivity index (χ3v) is 2.87. The van der Waals surface area contributed by atoms with E-state index < -0.39 is 0 Å². The summed E-state index contributed by atoms with van der Waals surface area (Å²) in [7, 11) is 1.95. The molecule has 0 saturated carbocycles. The maximum absolute atomic E-state index is 5.54. The number of anilines is 1. The minimum Gasteiger partial charge on any atom is -0.366 e. The summed E-state index contributed by atoms with van der Waals surface area (Å²) in [6.45, 7) is 6.13. The van der Waals surface area contributed by atoms with Gasteiger partial charge in [0.25, 0.3) is 0 Å². The van der Waals surface area contributed by atoms with Crippen LogP contribution in [-0.2, 0) is 7.05 Å². The zero-order chi connectivity index (χ0) is 10.7. The van der Waals surface area contributed by atoms with Gasteiger partial charge in [-0.25, -0.2) is 0 Å². The van der Waals surface area contributed by atoms with E-state index in [0.29, 0.717) is 0 Å². The number of halogens is 2. The van der Waals surface area contributed by atoms with E-state index in [4.69, 9.17) is 5.73 Å². The van der Waals surface area contributed by atoms with Crippen LogP contribution in [0.15, 0.2) is 12.4 Å². The lowest BCUT2D eigenvalue weighted by atomic mass is 10.3. The zero-order valence-electron chi connectivity index (χ0n) is 10.1. The molecule has 5 nitrogen and oxygen atoms in total. The van der Waals surface area contributed by atoms with E-state index in [1.165, 1.54) is 5.69 Å². The van der Waals surface area contributed by atoms with E-state index in [1.807, 2.05) is 17.9 Å². The maximum Gasteiger partial charge on any atom is 0.0753 e. The Hall–Kier alpha value is -0.490. The lowest BCUT2D eigenvalue weighted by Crippen LogP contribution is -2.47. The van der Waals surface area contributed by atoms with Crippen molar-refractivity contribution < 1.29 is 0 Å². The molecule has 2 heterocycles. The lowest BCUT2D eigenvalue weighted by molar-refractivity contribution is 0.265. The number of nitrogens with two attached hydrogens (primary N) is 1. The average Bonchev–Trinajstić information content (AvgIpc) is 2.67. The quantitative estimate of drug-likeness (QED) is 0.869. The van der Waals surface area contributed by atoms with E-state index in [2.05, 4.69) is 21.1 Å². The molecule has 1 aromatic heterocycles. The van der Waals surface area contributed by atoms with Crippen LogP contribution in [0.3, 0.4) is 0 Å². The van der Waals surface area contributed by atoms with Crippen LogP contribution in [0, 0.1) is 0 Å². The van der Waals surface area contributed by atoms with Crippen LogP contribution in [0.2, 0.25) is 0 Å². The minimum absolute atomic E-state index is 0. The van der Waals surface area contributed by atoms with Crippen LogP contribution < -0.4 is 10.6 Å². The maximum atomic E-state index is 5.54. The summed E-state index contributed by atoms with van der Waals surface area (Å²) >= 11 is 0. The smallest absolute Gasteiger partial charge is 0.0753 e. The van der Waals surface area contributed by atoms with Crippen molar-refractivity contribution in [1.29, 1.82) is 0 Å². The van der Waals surface area contributed by atoms with E-state index >= 15 is 0 Å². The fraction of sp³-hybridized carbons (Fsp3) is 0.700. The zero-order valence-corrected chi connectivity index (χ0v) is 11.7. The Morgan fingerprint density at radius 3 is 2.35 bits per heavy atom. The van der Waals surface area contributed by atoms with Crippen molar-refractivity contribution >= 4 is 30.5 Å². The molecule has 17 heavy (non-hydrogen) atoms. The first-order valence-corrected chi connectivity index (χ1v) is 5.45. The van der Waals surface area contributed by atoms with Gasteiger partial charge in [0, 0.05) is 52.5 Å². The fourth-order valence-electron chi connectivity index (χ4n) is 1.98. The van der Waals surface area contributed by atoms with Gasteiger partial charge in [0.1, 0.15) is 0 Å². The summed E-state index contributed by atoms with van der Waals surface area (Å²) in [6.07, 6.45) is 4.00. The van der Waals surface area contributed by atoms with Crippen LogP contribution in [0.5, 0.6) is 0 Å². The molecule has 0 aliphatic carbocycles. The molecule has 1 aliphatic rings. The Balaban J connectivity index is 0.00000128. The number of hydrogen-bond acceptors (Lipinski definition) is 4. The van der Waals surface area contributed by atoms with Gasteiger partial charge >= 0.3 is 0 Å². The Kier molecular flexibility index (Phi) is 7.54. The average molecular weight is 282 g/mol. The lowest BCUT2D eigenvalue weighted by Gasteiger charge is -2.35. The second-order valence-electron chi connectivity index (χ2n) is 3.99. The second kappa shape index (κ2) is 7.76. The van der Waals surface area contributed by atoms with Crippen molar-refractivity contribution in [3.8, 4) is 0 Å². The molecule has 1 aliphatic heterocycles. The van der Waals surface area contributed by atoms with Crippen molar-refractivity contribution in [2.45, 2.75) is 0 Å². The number of rotatable bonds is 3. The van der Waals surface area contributed by atoms with E-state index in [1.54, 1.807) is 0 Å². The van der Waals surface area contributed by atoms with Gasteiger partial charge in [-0.2, -0.15) is 5.10 Å². The molecular weight excluding hydrogens is 261 g/mol. The van der Waals surface area contributed by atoms with Crippen molar-refractivity contribution in [3.63, 3.8) is 0 Å². The summed E-state index contributed by atoms with van der Waals surface area (Å²) < 4.78 is 1.85. The van der Waals surface area contributed by atoms with Gasteiger partial charge in [0.2, 0.25) is 0 Å². The van der Waals surface area contributed by atoms with Crippen LogP contribution in [0.1, 0.15) is 0 Å². The van der Waals surface area contributed by atoms with Gasteiger partial charge in [0.15, 0.2) is 0 Å². The molecule has 0 atom stereocenters. The highest BCUT2D eigenvalue weighted by Crippen LogP contribution is 2.14. The van der Waals surface area contributed by atoms with Crippen molar-refractivity contribution in [1.82, 2.24) is 14.7 Å². The molecule has 0 amide bonds. The van der Waals surface area contributed by atoms with Crippen LogP contribution in [0.4, 0.5) is 5.69 Å². The summed E-state index contributed by atoms with van der Waals surface area (Å²) in [4.78, 5) is 4.78. The summed E-state index contributed by atoms with van der Waals surface area (Å²) in [5.74, 6) is 0. The molecule has 0 aromatic carbocycles. The minimum atomic E-state index is 0. The van der Waals surface area contributed by atoms with Gasteiger partial charge in [0.05, 0.1) is 11.9 Å². The number of nitrogens with zero attached hydrogens (tertiary/aromatic N) is 4. The first-order valence-electron chi connectivity index (χ1n) is 5.45. The van der Waals surface area contributed by atoms with Crippen LogP contribution in [-0.4, -0.2) is 53.9 Å². The number of hydrogen-bond donors (Lipinski definition) is 1. The summed E-state index contributed by atoms with van der Waals surface area (Å²) in [5, 5.41) is 4.19. The Bertz CT molecular complexity index is 309. The molecule has 1 fully saturated rings. The standard InChI is InChI=1S/C10H19N5.2ClH/c1-13-9-10(8-12-13)15-6-4-14(3-2-11)5-7-15;;/h8-9H,2-7,11H2,1H3;2*1H. The highest BCUT2D eigenvalue weighted by atomic mass is 35.5. The molecule has 2 rings (SSSR count). The highest BCUT2D eigenvalue weighted by molar-refractivity contribution is 5.85. The SMILES string of the molecule is Cl.Cl.Cn1cc(N2CCN(CCN)CC2)cn1. The Morgan fingerprint density at radius 1 is 1.24 bits per heavy atom. The summed E-state index contributed by atoms with van der Waals surface area (Å²) in [6, 6.07) is 0. The predicted octanol–water partition coefficient (Wildman–Crippen LogP) is 0.344. The number of piperazine rings is 1. The number of aromatic nitrogens is 2. The van der Waals surface area contributed by atoms with Gasteiger partial charge in [-0.05, 0) is 0 Å². The second-order valence-corrected chi connectivity index (χ2v) is 3.99. The molecular formula is C10H21Cl2N5. The predicted molar refractivity (Wildman–Crippen MR) is 75.4 cm³/mol. The first kappa shape index (κ1) is 16.5. The third kappa shape index (κ3) is 4.35. The first-order chi connectivity index (χ1) is 7.29. The van der Waals surface area contributed by atoms with Gasteiger partial charge < -0.3 is 10.6 Å². The number of aryl methyl sites for hydroxylation is 1. The molecule has 0 bridgehead atoms. The molecule has 2 N–H and O–H groups in total. The molecule has 7 heteroatoms. The topological polar surface area (TPSA) is 50.3 Å². The monoisotopic (exact) mass is 281 g/mol. The van der Waals surface area contributed by atoms with Crippen molar-refractivity contribution in [2.75, 3.05) is 44.2 Å². The van der Waals surface area contributed by atoms with E-state index in [9.17, 15) is 0 Å². The van der Waals surface area contributed by atoms with Crippen LogP contribution >= 0.6 is 24.8 Å². The molecule has 1 aromatic rings. The van der Waals surface area contributed by atoms with Crippen LogP contribution in [0.25, 0.3) is 0 Å². The van der Waals surface area contributed by atoms with Gasteiger partial charge in [-0.3, -0.25) is 9.58 Å².